The van der Waals surface area contributed by atoms with Crippen LogP contribution >= 0.6 is 11.7 Å². The molecule has 0 spiro atoms. The quantitative estimate of drug-likeness (QED) is 0.816. The molecule has 0 atom stereocenters. The van der Waals surface area contributed by atoms with Crippen LogP contribution in [0, 0.1) is 0 Å². The first-order valence-corrected chi connectivity index (χ1v) is 8.44. The number of ether oxygens (including phenoxy) is 2. The number of aromatic nitrogens is 2. The molecule has 2 aromatic rings. The highest BCUT2D eigenvalue weighted by molar-refractivity contribution is 6.99. The topological polar surface area (TPSA) is 67.8 Å². The summed E-state index contributed by atoms with van der Waals surface area (Å²) in [7, 11) is 3.27. The van der Waals surface area contributed by atoms with Gasteiger partial charge in [-0.15, -0.1) is 0 Å². The highest BCUT2D eigenvalue weighted by atomic mass is 32.1. The molecule has 24 heavy (non-hydrogen) atoms. The minimum Gasteiger partial charge on any atom is -0.493 e. The van der Waals surface area contributed by atoms with Gasteiger partial charge in [-0.3, -0.25) is 9.69 Å². The first kappa shape index (κ1) is 16.7. The normalized spacial score (nSPS) is 15.3. The monoisotopic (exact) mass is 348 g/mol. The van der Waals surface area contributed by atoms with E-state index < -0.39 is 0 Å². The minimum atomic E-state index is -0.0329. The van der Waals surface area contributed by atoms with Crippen molar-refractivity contribution < 1.29 is 14.3 Å². The van der Waals surface area contributed by atoms with E-state index in [0.29, 0.717) is 18.8 Å². The zero-order valence-electron chi connectivity index (χ0n) is 13.8. The Kier molecular flexibility index (Phi) is 5.27. The van der Waals surface area contributed by atoms with Gasteiger partial charge in [-0.1, -0.05) is 6.07 Å². The lowest BCUT2D eigenvalue weighted by Gasteiger charge is -2.34. The van der Waals surface area contributed by atoms with Crippen molar-refractivity contribution in [3.8, 4) is 11.5 Å². The molecule has 1 amide bonds. The number of hydrogen-bond acceptors (Lipinski definition) is 7. The highest BCUT2D eigenvalue weighted by Gasteiger charge is 2.23. The molecule has 7 nitrogen and oxygen atoms in total. The number of benzene rings is 1. The van der Waals surface area contributed by atoms with Crippen molar-refractivity contribution in [2.75, 3.05) is 40.4 Å². The summed E-state index contributed by atoms with van der Waals surface area (Å²) in [6, 6.07) is 5.96. The Bertz CT molecular complexity index is 685. The van der Waals surface area contributed by atoms with E-state index in [9.17, 15) is 4.79 Å². The number of carbonyl (C=O) groups is 1. The number of methoxy groups -OCH3 is 2. The average molecular weight is 348 g/mol. The van der Waals surface area contributed by atoms with Crippen molar-refractivity contribution in [3.05, 3.63) is 35.7 Å². The van der Waals surface area contributed by atoms with Crippen molar-refractivity contribution in [2.45, 2.75) is 6.54 Å². The summed E-state index contributed by atoms with van der Waals surface area (Å²) in [5, 5.41) is 0. The lowest BCUT2D eigenvalue weighted by molar-refractivity contribution is 0.0623. The molecule has 3 rings (SSSR count). The van der Waals surface area contributed by atoms with Crippen molar-refractivity contribution in [1.82, 2.24) is 18.5 Å². The number of amides is 1. The van der Waals surface area contributed by atoms with Gasteiger partial charge in [-0.2, -0.15) is 8.75 Å². The van der Waals surface area contributed by atoms with Crippen LogP contribution in [0.4, 0.5) is 0 Å². The molecule has 1 aliphatic heterocycles. The Morgan fingerprint density at radius 1 is 1.17 bits per heavy atom. The highest BCUT2D eigenvalue weighted by Crippen LogP contribution is 2.28. The van der Waals surface area contributed by atoms with E-state index in [1.165, 1.54) is 6.20 Å². The summed E-state index contributed by atoms with van der Waals surface area (Å²) in [4.78, 5) is 16.4. The van der Waals surface area contributed by atoms with Gasteiger partial charge in [0.25, 0.3) is 5.91 Å². The first-order valence-electron chi connectivity index (χ1n) is 7.71. The zero-order valence-corrected chi connectivity index (χ0v) is 14.6. The summed E-state index contributed by atoms with van der Waals surface area (Å²) < 4.78 is 18.5. The second kappa shape index (κ2) is 7.59. The van der Waals surface area contributed by atoms with Gasteiger partial charge in [-0.05, 0) is 17.7 Å². The molecule has 1 aliphatic rings. The van der Waals surface area contributed by atoms with Gasteiger partial charge in [0.2, 0.25) is 0 Å². The van der Waals surface area contributed by atoms with Gasteiger partial charge in [0.05, 0.1) is 32.1 Å². The van der Waals surface area contributed by atoms with Crippen molar-refractivity contribution in [1.29, 1.82) is 0 Å². The summed E-state index contributed by atoms with van der Waals surface area (Å²) in [5.74, 6) is 1.43. The fourth-order valence-electron chi connectivity index (χ4n) is 2.77. The summed E-state index contributed by atoms with van der Waals surface area (Å²) in [5.41, 5.74) is 1.60. The van der Waals surface area contributed by atoms with Crippen LogP contribution in [0.3, 0.4) is 0 Å². The van der Waals surface area contributed by atoms with Gasteiger partial charge in [0, 0.05) is 32.7 Å². The Labute approximate surface area is 145 Å². The minimum absolute atomic E-state index is 0.0329. The van der Waals surface area contributed by atoms with Crippen LogP contribution in [0.15, 0.2) is 24.4 Å². The molecular weight excluding hydrogens is 328 g/mol. The summed E-state index contributed by atoms with van der Waals surface area (Å²) in [6.07, 6.45) is 1.53. The maximum absolute atomic E-state index is 12.3. The predicted octanol–water partition coefficient (Wildman–Crippen LogP) is 1.51. The van der Waals surface area contributed by atoms with Gasteiger partial charge >= 0.3 is 0 Å². The van der Waals surface area contributed by atoms with Crippen LogP contribution in [0.25, 0.3) is 0 Å². The predicted molar refractivity (Wildman–Crippen MR) is 90.6 cm³/mol. The van der Waals surface area contributed by atoms with E-state index in [1.54, 1.807) is 14.2 Å². The lowest BCUT2D eigenvalue weighted by Crippen LogP contribution is -2.48. The molecule has 2 heterocycles. The average Bonchev–Trinajstić information content (AvgIpc) is 3.16. The molecule has 8 heteroatoms. The first-order chi connectivity index (χ1) is 11.7. The van der Waals surface area contributed by atoms with Crippen LogP contribution in [-0.2, 0) is 6.54 Å². The number of carbonyl (C=O) groups excluding carboxylic acids is 1. The second-order valence-corrected chi connectivity index (χ2v) is 6.11. The molecule has 0 bridgehead atoms. The summed E-state index contributed by atoms with van der Waals surface area (Å²) >= 11 is 1.06. The van der Waals surface area contributed by atoms with Gasteiger partial charge in [0.1, 0.15) is 0 Å². The third-order valence-electron chi connectivity index (χ3n) is 4.09. The SMILES string of the molecule is COc1ccc(CN2CCN(C(=O)c3cnsn3)CC2)cc1OC. The second-order valence-electron chi connectivity index (χ2n) is 5.55. The van der Waals surface area contributed by atoms with E-state index in [2.05, 4.69) is 13.6 Å². The van der Waals surface area contributed by atoms with Crippen molar-refractivity contribution in [2.24, 2.45) is 0 Å². The largest absolute Gasteiger partial charge is 0.493 e. The molecule has 0 radical (unpaired) electrons. The third-order valence-corrected chi connectivity index (χ3v) is 4.57. The fraction of sp³-hybridized carbons (Fsp3) is 0.438. The Morgan fingerprint density at radius 2 is 1.92 bits per heavy atom. The van der Waals surface area contributed by atoms with E-state index in [-0.39, 0.29) is 5.91 Å². The van der Waals surface area contributed by atoms with Gasteiger partial charge < -0.3 is 14.4 Å². The number of rotatable bonds is 5. The number of piperazine rings is 1. The third kappa shape index (κ3) is 3.65. The van der Waals surface area contributed by atoms with E-state index in [1.807, 2.05) is 23.1 Å². The standard InChI is InChI=1S/C16H20N4O3S/c1-22-14-4-3-12(9-15(14)23-2)11-19-5-7-20(8-6-19)16(21)13-10-17-24-18-13/h3-4,9-10H,5-8,11H2,1-2H3. The number of nitrogens with zero attached hydrogens (tertiary/aromatic N) is 4. The molecular formula is C16H20N4O3S. The summed E-state index contributed by atoms with van der Waals surface area (Å²) in [6.45, 7) is 3.88. The van der Waals surface area contributed by atoms with Crippen molar-refractivity contribution in [3.63, 3.8) is 0 Å². The van der Waals surface area contributed by atoms with Crippen LogP contribution in [0.1, 0.15) is 16.1 Å². The number of hydrogen-bond donors (Lipinski definition) is 0. The molecule has 0 N–H and O–H groups in total. The van der Waals surface area contributed by atoms with Crippen molar-refractivity contribution >= 4 is 17.6 Å². The van der Waals surface area contributed by atoms with Crippen LogP contribution in [0.2, 0.25) is 0 Å². The Morgan fingerprint density at radius 3 is 2.54 bits per heavy atom. The molecule has 0 aliphatic carbocycles. The van der Waals surface area contributed by atoms with Gasteiger partial charge in [0.15, 0.2) is 17.2 Å². The lowest BCUT2D eigenvalue weighted by atomic mass is 10.1. The molecule has 1 aromatic heterocycles. The maximum atomic E-state index is 12.3. The zero-order chi connectivity index (χ0) is 16.9. The van der Waals surface area contributed by atoms with E-state index in [0.717, 1.165) is 48.4 Å². The Hall–Kier alpha value is -2.19. The molecule has 1 saturated heterocycles. The van der Waals surface area contributed by atoms with E-state index in [4.69, 9.17) is 9.47 Å². The maximum Gasteiger partial charge on any atom is 0.275 e. The molecule has 128 valence electrons. The molecule has 1 aromatic carbocycles. The van der Waals surface area contributed by atoms with Crippen LogP contribution in [-0.4, -0.2) is 64.9 Å². The smallest absolute Gasteiger partial charge is 0.275 e. The molecule has 1 fully saturated rings. The molecule has 0 saturated carbocycles. The van der Waals surface area contributed by atoms with Crippen LogP contribution < -0.4 is 9.47 Å². The fourth-order valence-corrected chi connectivity index (χ4v) is 3.17. The molecule has 0 unspecified atom stereocenters. The van der Waals surface area contributed by atoms with Crippen LogP contribution in [0.5, 0.6) is 11.5 Å². The van der Waals surface area contributed by atoms with E-state index >= 15 is 0 Å². The van der Waals surface area contributed by atoms with Gasteiger partial charge in [-0.25, -0.2) is 0 Å². The Balaban J connectivity index is 1.56.